The Bertz CT molecular complexity index is 825. The van der Waals surface area contributed by atoms with Crippen LogP contribution in [0.25, 0.3) is 16.5 Å². The lowest BCUT2D eigenvalue weighted by molar-refractivity contribution is 0.100. The molecule has 23 heavy (non-hydrogen) atoms. The van der Waals surface area contributed by atoms with Crippen LogP contribution in [0, 0.1) is 19.7 Å². The summed E-state index contributed by atoms with van der Waals surface area (Å²) in [5.74, 6) is -0.996. The van der Waals surface area contributed by atoms with E-state index < -0.39 is 5.91 Å². The van der Waals surface area contributed by atoms with Crippen molar-refractivity contribution in [3.05, 3.63) is 40.3 Å². The Morgan fingerprint density at radius 3 is 2.87 bits per heavy atom. The van der Waals surface area contributed by atoms with E-state index in [0.717, 1.165) is 41.5 Å². The highest BCUT2D eigenvalue weighted by Gasteiger charge is 2.24. The summed E-state index contributed by atoms with van der Waals surface area (Å²) >= 11 is 0. The first-order valence-corrected chi connectivity index (χ1v) is 7.91. The minimum absolute atomic E-state index is 0.207. The molecule has 1 aromatic heterocycles. The maximum Gasteiger partial charge on any atom is 0.250 e. The average molecular weight is 313 g/mol. The Morgan fingerprint density at radius 1 is 1.48 bits per heavy atom. The molecular formula is C17H21BFN3O. The fourth-order valence-corrected chi connectivity index (χ4v) is 3.49. The number of fused-ring (bicyclic) bond motifs is 1. The van der Waals surface area contributed by atoms with Gasteiger partial charge in [0.25, 0.3) is 5.91 Å². The van der Waals surface area contributed by atoms with Crippen molar-refractivity contribution in [2.24, 2.45) is 5.73 Å². The predicted molar refractivity (Wildman–Crippen MR) is 93.5 cm³/mol. The lowest BCUT2D eigenvalue weighted by atomic mass is 9.86. The van der Waals surface area contributed by atoms with Gasteiger partial charge in [0.2, 0.25) is 0 Å². The van der Waals surface area contributed by atoms with Crippen molar-refractivity contribution in [1.29, 1.82) is 0 Å². The van der Waals surface area contributed by atoms with E-state index >= 15 is 0 Å². The molecule has 120 valence electrons. The molecule has 0 saturated heterocycles. The van der Waals surface area contributed by atoms with E-state index in [-0.39, 0.29) is 11.4 Å². The number of amides is 1. The molecule has 1 aliphatic rings. The average Bonchev–Trinajstić information content (AvgIpc) is 2.82. The van der Waals surface area contributed by atoms with Crippen molar-refractivity contribution < 1.29 is 9.18 Å². The summed E-state index contributed by atoms with van der Waals surface area (Å²) in [6, 6.07) is 1.61. The molecule has 0 spiro atoms. The van der Waals surface area contributed by atoms with E-state index in [1.54, 1.807) is 0 Å². The number of hydrogen-bond acceptors (Lipinski definition) is 2. The van der Waals surface area contributed by atoms with E-state index in [4.69, 9.17) is 5.73 Å². The van der Waals surface area contributed by atoms with Crippen LogP contribution in [0.4, 0.5) is 4.39 Å². The number of benzene rings is 1. The third-order valence-corrected chi connectivity index (χ3v) is 4.90. The van der Waals surface area contributed by atoms with Gasteiger partial charge in [-0.05, 0) is 50.3 Å². The highest BCUT2D eigenvalue weighted by Crippen LogP contribution is 2.37. The molecule has 1 atom stereocenters. The Labute approximate surface area is 135 Å². The number of carbonyl (C=O) groups excluding carboxylic acids is 1. The van der Waals surface area contributed by atoms with Gasteiger partial charge in [-0.25, -0.2) is 4.39 Å². The first kappa shape index (κ1) is 15.8. The number of aryl methyl sites for hydroxylation is 2. The van der Waals surface area contributed by atoms with E-state index in [0.29, 0.717) is 17.1 Å². The molecule has 4 nitrogen and oxygen atoms in total. The van der Waals surface area contributed by atoms with Gasteiger partial charge >= 0.3 is 0 Å². The lowest BCUT2D eigenvalue weighted by Gasteiger charge is -2.24. The zero-order valence-corrected chi connectivity index (χ0v) is 13.7. The number of H-pyrrole nitrogens is 1. The Balaban J connectivity index is 2.29. The fourth-order valence-electron chi connectivity index (χ4n) is 3.49. The molecule has 0 radical (unpaired) electrons. The van der Waals surface area contributed by atoms with Crippen molar-refractivity contribution in [1.82, 2.24) is 10.2 Å². The Hall–Kier alpha value is -2.08. The number of carbonyl (C=O) groups is 1. The number of halogens is 1. The van der Waals surface area contributed by atoms with Crippen molar-refractivity contribution in [3.63, 3.8) is 0 Å². The molecule has 1 amide bonds. The summed E-state index contributed by atoms with van der Waals surface area (Å²) < 4.78 is 14.9. The maximum atomic E-state index is 14.9. The van der Waals surface area contributed by atoms with Crippen LogP contribution < -0.4 is 11.0 Å². The topological polar surface area (TPSA) is 70.9 Å². The number of nitrogens with two attached hydrogens (primary N) is 1. The zero-order chi connectivity index (χ0) is 16.7. The van der Waals surface area contributed by atoms with Gasteiger partial charge in [0.1, 0.15) is 5.82 Å². The molecule has 1 heterocycles. The van der Waals surface area contributed by atoms with Gasteiger partial charge in [0.15, 0.2) is 7.98 Å². The van der Waals surface area contributed by atoms with E-state index in [1.165, 1.54) is 6.07 Å². The first-order valence-electron chi connectivity index (χ1n) is 7.91. The molecule has 2 aromatic rings. The number of aromatic amines is 1. The standard InChI is InChI=1S/C17H21BFN3O/c1-8-9(2)21-16-12(17(20)23)7-13(19)15(14(8)16)10-4-3-5-11(6-10)22-18/h4,7,11,21-22H,3,5-6,18H2,1-2H3,(H2,20,23). The smallest absolute Gasteiger partial charge is 0.250 e. The normalized spacial score (nSPS) is 18.2. The second kappa shape index (κ2) is 5.85. The van der Waals surface area contributed by atoms with Crippen LogP contribution in [0.5, 0.6) is 0 Å². The predicted octanol–water partition coefficient (Wildman–Crippen LogP) is 2.10. The van der Waals surface area contributed by atoms with Crippen LogP contribution in [0.1, 0.15) is 46.4 Å². The number of rotatable bonds is 3. The summed E-state index contributed by atoms with van der Waals surface area (Å²) in [4.78, 5) is 14.9. The number of primary amides is 1. The highest BCUT2D eigenvalue weighted by atomic mass is 19.1. The number of aromatic nitrogens is 1. The SMILES string of the molecule is BNC1CCC=C(c2c(F)cc(C(N)=O)c3[nH]c(C)c(C)c23)C1. The third-order valence-electron chi connectivity index (χ3n) is 4.90. The largest absolute Gasteiger partial charge is 0.366 e. The van der Waals surface area contributed by atoms with E-state index in [1.807, 2.05) is 21.8 Å². The monoisotopic (exact) mass is 313 g/mol. The third kappa shape index (κ3) is 2.57. The van der Waals surface area contributed by atoms with Gasteiger partial charge in [-0.3, -0.25) is 4.79 Å². The minimum atomic E-state index is -0.618. The second-order valence-electron chi connectivity index (χ2n) is 6.27. The summed E-state index contributed by atoms with van der Waals surface area (Å²) in [6.07, 6.45) is 4.86. The molecule has 1 aromatic carbocycles. The van der Waals surface area contributed by atoms with Gasteiger partial charge < -0.3 is 15.9 Å². The second-order valence-corrected chi connectivity index (χ2v) is 6.27. The van der Waals surface area contributed by atoms with Crippen LogP contribution in [-0.4, -0.2) is 24.9 Å². The first-order chi connectivity index (χ1) is 10.9. The maximum absolute atomic E-state index is 14.9. The summed E-state index contributed by atoms with van der Waals surface area (Å²) in [5, 5.41) is 4.05. The van der Waals surface area contributed by atoms with Crippen LogP contribution in [0.2, 0.25) is 0 Å². The highest BCUT2D eigenvalue weighted by molar-refractivity contribution is 6.09. The molecule has 4 N–H and O–H groups in total. The molecule has 1 unspecified atom stereocenters. The van der Waals surface area contributed by atoms with E-state index in [2.05, 4.69) is 16.3 Å². The van der Waals surface area contributed by atoms with Crippen LogP contribution >= 0.6 is 0 Å². The zero-order valence-electron chi connectivity index (χ0n) is 13.7. The molecule has 0 aliphatic heterocycles. The van der Waals surface area contributed by atoms with Crippen molar-refractivity contribution >= 4 is 30.4 Å². The van der Waals surface area contributed by atoms with Crippen molar-refractivity contribution in [2.45, 2.75) is 39.2 Å². The minimum Gasteiger partial charge on any atom is -0.366 e. The number of nitrogens with one attached hydrogen (secondary N) is 2. The molecule has 0 fully saturated rings. The van der Waals surface area contributed by atoms with Gasteiger partial charge in [-0.2, -0.15) is 0 Å². The molecular weight excluding hydrogens is 292 g/mol. The van der Waals surface area contributed by atoms with Crippen LogP contribution in [0.3, 0.4) is 0 Å². The summed E-state index contributed by atoms with van der Waals surface area (Å²) in [5.41, 5.74) is 9.76. The van der Waals surface area contributed by atoms with Crippen LogP contribution in [-0.2, 0) is 0 Å². The lowest BCUT2D eigenvalue weighted by Crippen LogP contribution is -2.28. The fraction of sp³-hybridized carbons (Fsp3) is 0.353. The van der Waals surface area contributed by atoms with Crippen molar-refractivity contribution in [2.75, 3.05) is 0 Å². The Morgan fingerprint density at radius 2 is 2.22 bits per heavy atom. The van der Waals surface area contributed by atoms with Gasteiger partial charge in [0, 0.05) is 22.7 Å². The van der Waals surface area contributed by atoms with Gasteiger partial charge in [-0.15, -0.1) is 0 Å². The summed E-state index contributed by atoms with van der Waals surface area (Å²) in [7, 11) is 1.93. The number of hydrogen-bond donors (Lipinski definition) is 3. The quantitative estimate of drug-likeness (QED) is 0.759. The molecule has 0 bridgehead atoms. The van der Waals surface area contributed by atoms with Crippen LogP contribution in [0.15, 0.2) is 12.1 Å². The molecule has 6 heteroatoms. The van der Waals surface area contributed by atoms with E-state index in [9.17, 15) is 9.18 Å². The van der Waals surface area contributed by atoms with Crippen molar-refractivity contribution in [3.8, 4) is 0 Å². The van der Waals surface area contributed by atoms with Gasteiger partial charge in [0.05, 0.1) is 11.1 Å². The Kier molecular flexibility index (Phi) is 4.02. The molecule has 0 saturated carbocycles. The molecule has 3 rings (SSSR count). The molecule has 1 aliphatic carbocycles. The van der Waals surface area contributed by atoms with Gasteiger partial charge in [-0.1, -0.05) is 6.08 Å². The number of allylic oxidation sites excluding steroid dienone is 1. The summed E-state index contributed by atoms with van der Waals surface area (Å²) in [6.45, 7) is 3.87.